The smallest absolute Gasteiger partial charge is 0.256 e. The zero-order valence-electron chi connectivity index (χ0n) is 18.3. The Morgan fingerprint density at radius 2 is 2.10 bits per heavy atom. The second-order valence-electron chi connectivity index (χ2n) is 8.59. The largest absolute Gasteiger partial charge is 0.365 e. The normalized spacial score (nSPS) is 21.6. The van der Waals surface area contributed by atoms with Crippen LogP contribution in [0, 0.1) is 5.82 Å². The Bertz CT molecular complexity index is 953. The number of fused-ring (bicyclic) bond motifs is 1. The van der Waals surface area contributed by atoms with Gasteiger partial charge in [0.15, 0.2) is 0 Å². The highest BCUT2D eigenvalue weighted by Crippen LogP contribution is 2.38. The van der Waals surface area contributed by atoms with E-state index in [1.807, 2.05) is 12.4 Å². The van der Waals surface area contributed by atoms with Crippen molar-refractivity contribution in [2.45, 2.75) is 44.1 Å². The second kappa shape index (κ2) is 9.63. The van der Waals surface area contributed by atoms with Crippen LogP contribution in [0.5, 0.6) is 0 Å². The number of primary amides is 1. The predicted octanol–water partition coefficient (Wildman–Crippen LogP) is 3.31. The van der Waals surface area contributed by atoms with Gasteiger partial charge in [-0.1, -0.05) is 31.5 Å². The van der Waals surface area contributed by atoms with E-state index in [1.165, 1.54) is 6.07 Å². The molecule has 1 amide bonds. The summed E-state index contributed by atoms with van der Waals surface area (Å²) in [6.45, 7) is 6.14. The fraction of sp³-hybridized carbons (Fsp3) is 0.522. The molecule has 168 valence electrons. The molecule has 31 heavy (non-hydrogen) atoms. The first-order valence-corrected chi connectivity index (χ1v) is 12.0. The number of piperazine rings is 1. The molecular weight excluding hydrogens is 413 g/mol. The molecule has 1 fully saturated rings. The molecule has 8 heteroatoms. The number of halogens is 1. The van der Waals surface area contributed by atoms with Crippen molar-refractivity contribution in [1.82, 2.24) is 19.7 Å². The van der Waals surface area contributed by atoms with Gasteiger partial charge < -0.3 is 20.5 Å². The van der Waals surface area contributed by atoms with Gasteiger partial charge in [0.2, 0.25) is 0 Å². The summed E-state index contributed by atoms with van der Waals surface area (Å²) < 4.78 is 13.9. The monoisotopic (exact) mass is 445 g/mol. The maximum atomic E-state index is 13.9. The molecular formula is C23H32FN5OS. The van der Waals surface area contributed by atoms with Crippen LogP contribution < -0.4 is 5.73 Å². The minimum Gasteiger partial charge on any atom is -0.365 e. The van der Waals surface area contributed by atoms with Crippen LogP contribution in [0.15, 0.2) is 35.5 Å². The van der Waals surface area contributed by atoms with Crippen LogP contribution in [0.1, 0.15) is 31.7 Å². The van der Waals surface area contributed by atoms with Gasteiger partial charge in [-0.05, 0) is 43.7 Å². The summed E-state index contributed by atoms with van der Waals surface area (Å²) in [6, 6.07) is 5.09. The van der Waals surface area contributed by atoms with Gasteiger partial charge in [0.1, 0.15) is 11.3 Å². The number of carbonyl (C=O) groups excluding carboxylic acids is 1. The Labute approximate surface area is 187 Å². The number of rotatable bonds is 8. The minimum atomic E-state index is -0.366. The highest BCUT2D eigenvalue weighted by molar-refractivity contribution is 8.04. The number of nitrogens with two attached hydrogens (primary N) is 1. The topological polar surface area (TPSA) is 68.6 Å². The average Bonchev–Trinajstić information content (AvgIpc) is 3.36. The average molecular weight is 446 g/mol. The zero-order valence-corrected chi connectivity index (χ0v) is 19.1. The first-order valence-electron chi connectivity index (χ1n) is 11.1. The Morgan fingerprint density at radius 1 is 1.32 bits per heavy atom. The molecule has 2 aliphatic rings. The molecule has 4 rings (SSSR count). The number of thioether (sulfide) groups is 1. The lowest BCUT2D eigenvalue weighted by molar-refractivity contribution is -0.113. The lowest BCUT2D eigenvalue weighted by Gasteiger charge is -2.42. The number of likely N-dealkylation sites (N-methyl/N-ethyl adjacent to an activating group) is 1. The van der Waals surface area contributed by atoms with Crippen molar-refractivity contribution in [3.8, 4) is 0 Å². The van der Waals surface area contributed by atoms with Crippen LogP contribution in [-0.2, 0) is 11.2 Å². The number of aromatic nitrogens is 1. The molecule has 1 aromatic carbocycles. The van der Waals surface area contributed by atoms with Crippen molar-refractivity contribution in [3.63, 3.8) is 0 Å². The molecule has 1 aromatic heterocycles. The van der Waals surface area contributed by atoms with Crippen LogP contribution in [-0.4, -0.2) is 70.4 Å². The number of amides is 1. The van der Waals surface area contributed by atoms with Crippen LogP contribution >= 0.6 is 11.8 Å². The molecule has 0 spiro atoms. The SMILES string of the molecule is CCCCC(Cc1c[nH]c2ccc(F)cc12)N1C=C(C(N)=O)SC1N1CCN(C)CC1. The van der Waals surface area contributed by atoms with Gasteiger partial charge in [-0.2, -0.15) is 0 Å². The van der Waals surface area contributed by atoms with Crippen LogP contribution in [0.4, 0.5) is 4.39 Å². The van der Waals surface area contributed by atoms with Gasteiger partial charge in [0, 0.05) is 55.5 Å². The van der Waals surface area contributed by atoms with Crippen molar-refractivity contribution in [2.75, 3.05) is 33.2 Å². The molecule has 3 heterocycles. The van der Waals surface area contributed by atoms with Crippen molar-refractivity contribution in [3.05, 3.63) is 46.9 Å². The summed E-state index contributed by atoms with van der Waals surface area (Å²) >= 11 is 1.57. The van der Waals surface area contributed by atoms with Gasteiger partial charge >= 0.3 is 0 Å². The number of nitrogens with one attached hydrogen (secondary N) is 1. The summed E-state index contributed by atoms with van der Waals surface area (Å²) in [7, 11) is 2.14. The van der Waals surface area contributed by atoms with Gasteiger partial charge in [0.05, 0.1) is 4.91 Å². The molecule has 2 atom stereocenters. The lowest BCUT2D eigenvalue weighted by atomic mass is 9.99. The third-order valence-corrected chi connectivity index (χ3v) is 7.66. The van der Waals surface area contributed by atoms with E-state index in [2.05, 4.69) is 33.7 Å². The maximum Gasteiger partial charge on any atom is 0.256 e. The van der Waals surface area contributed by atoms with Crippen molar-refractivity contribution < 1.29 is 9.18 Å². The number of nitrogens with zero attached hydrogens (tertiary/aromatic N) is 3. The van der Waals surface area contributed by atoms with Crippen LogP contribution in [0.25, 0.3) is 10.9 Å². The highest BCUT2D eigenvalue weighted by Gasteiger charge is 2.37. The number of unbranched alkanes of at least 4 members (excludes halogenated alkanes) is 1. The fourth-order valence-electron chi connectivity index (χ4n) is 4.49. The first kappa shape index (κ1) is 22.2. The van der Waals surface area contributed by atoms with Gasteiger partial charge in [-0.3, -0.25) is 9.69 Å². The second-order valence-corrected chi connectivity index (χ2v) is 9.69. The Morgan fingerprint density at radius 3 is 2.81 bits per heavy atom. The van der Waals surface area contributed by atoms with Gasteiger partial charge in [0.25, 0.3) is 5.91 Å². The quantitative estimate of drug-likeness (QED) is 0.653. The number of aromatic amines is 1. The Hall–Kier alpha value is -2.03. The van der Waals surface area contributed by atoms with Crippen molar-refractivity contribution in [1.29, 1.82) is 0 Å². The van der Waals surface area contributed by atoms with Crippen LogP contribution in [0.3, 0.4) is 0 Å². The van der Waals surface area contributed by atoms with E-state index in [4.69, 9.17) is 5.73 Å². The molecule has 3 N–H and O–H groups in total. The van der Waals surface area contributed by atoms with E-state index in [0.717, 1.165) is 68.3 Å². The molecule has 1 saturated heterocycles. The Balaban J connectivity index is 1.62. The van der Waals surface area contributed by atoms with Crippen molar-refractivity contribution in [2.24, 2.45) is 5.73 Å². The molecule has 0 saturated carbocycles. The Kier molecular flexibility index (Phi) is 6.89. The van der Waals surface area contributed by atoms with Crippen molar-refractivity contribution >= 4 is 28.6 Å². The molecule has 0 radical (unpaired) electrons. The lowest BCUT2D eigenvalue weighted by Crippen LogP contribution is -2.53. The summed E-state index contributed by atoms with van der Waals surface area (Å²) in [6.07, 6.45) is 7.95. The standard InChI is InChI=1S/C23H32FN5OS/c1-3-4-5-18(12-16-14-26-20-7-6-17(24)13-19(16)20)29-15-21(22(25)30)31-23(29)28-10-8-27(2)9-11-28/h6-7,13-15,18,23,26H,3-5,8-12H2,1-2H3,(H2,25,30). The van der Waals surface area contributed by atoms with E-state index >= 15 is 0 Å². The fourth-order valence-corrected chi connectivity index (χ4v) is 5.73. The highest BCUT2D eigenvalue weighted by atomic mass is 32.2. The molecule has 2 unspecified atom stereocenters. The summed E-state index contributed by atoms with van der Waals surface area (Å²) in [5.74, 6) is -0.587. The van der Waals surface area contributed by atoms with E-state index in [0.29, 0.717) is 4.91 Å². The van der Waals surface area contributed by atoms with E-state index in [9.17, 15) is 9.18 Å². The third-order valence-electron chi connectivity index (χ3n) is 6.34. The van der Waals surface area contributed by atoms with Gasteiger partial charge in [-0.15, -0.1) is 0 Å². The summed E-state index contributed by atoms with van der Waals surface area (Å²) in [4.78, 5) is 23.0. The number of hydrogen-bond acceptors (Lipinski definition) is 5. The molecule has 6 nitrogen and oxygen atoms in total. The number of hydrogen-bond donors (Lipinski definition) is 2. The molecule has 0 bridgehead atoms. The molecule has 2 aromatic rings. The zero-order chi connectivity index (χ0) is 22.0. The maximum absolute atomic E-state index is 13.9. The van der Waals surface area contributed by atoms with E-state index in [1.54, 1.807) is 23.9 Å². The summed E-state index contributed by atoms with van der Waals surface area (Å²) in [5.41, 5.74) is 7.80. The number of benzene rings is 1. The summed E-state index contributed by atoms with van der Waals surface area (Å²) in [5, 5.41) is 0.934. The molecule has 2 aliphatic heterocycles. The van der Waals surface area contributed by atoms with Crippen LogP contribution in [0.2, 0.25) is 0 Å². The van der Waals surface area contributed by atoms with Gasteiger partial charge in [-0.25, -0.2) is 4.39 Å². The van der Waals surface area contributed by atoms with E-state index < -0.39 is 0 Å². The predicted molar refractivity (Wildman–Crippen MR) is 125 cm³/mol. The van der Waals surface area contributed by atoms with E-state index in [-0.39, 0.29) is 23.3 Å². The minimum absolute atomic E-state index is 0.0694. The number of carbonyl (C=O) groups is 1. The molecule has 0 aliphatic carbocycles. The third kappa shape index (κ3) is 4.91. The number of H-pyrrole nitrogens is 1. The first-order chi connectivity index (χ1) is 15.0.